The van der Waals surface area contributed by atoms with Crippen molar-refractivity contribution in [2.75, 3.05) is 13.2 Å². The molecule has 2 atom stereocenters. The number of H-pyrrole nitrogens is 1. The van der Waals surface area contributed by atoms with Crippen LogP contribution in [0.1, 0.15) is 61.8 Å². The molecule has 7 heteroatoms. The van der Waals surface area contributed by atoms with Gasteiger partial charge in [0.15, 0.2) is 5.69 Å². The molecule has 2 aliphatic rings. The molecule has 24 heavy (non-hydrogen) atoms. The summed E-state index contributed by atoms with van der Waals surface area (Å²) < 4.78 is 5.94. The van der Waals surface area contributed by atoms with Crippen LogP contribution in [0.2, 0.25) is 0 Å². The van der Waals surface area contributed by atoms with E-state index in [0.717, 1.165) is 50.1 Å². The number of carbonyl (C=O) groups excluding carboxylic acids is 1. The molecule has 1 aromatic heterocycles. The molecule has 0 spiro atoms. The van der Waals surface area contributed by atoms with Gasteiger partial charge in [-0.2, -0.15) is 5.10 Å². The molecule has 0 bridgehead atoms. The van der Waals surface area contributed by atoms with Crippen LogP contribution in [0.15, 0.2) is 0 Å². The number of ether oxygens (including phenoxy) is 1. The number of carbonyl (C=O) groups is 1. The van der Waals surface area contributed by atoms with Gasteiger partial charge < -0.3 is 15.4 Å². The minimum Gasteiger partial charge on any atom is -0.378 e. The highest BCUT2D eigenvalue weighted by Crippen LogP contribution is 2.43. The van der Waals surface area contributed by atoms with E-state index in [9.17, 15) is 4.79 Å². The third kappa shape index (κ3) is 3.60. The fourth-order valence-corrected chi connectivity index (χ4v) is 3.42. The van der Waals surface area contributed by atoms with Crippen molar-refractivity contribution in [3.63, 3.8) is 0 Å². The van der Waals surface area contributed by atoms with Gasteiger partial charge in [0.1, 0.15) is 0 Å². The van der Waals surface area contributed by atoms with Crippen molar-refractivity contribution in [2.45, 2.75) is 65.1 Å². The molecule has 3 rings (SSSR count). The summed E-state index contributed by atoms with van der Waals surface area (Å²) in [7, 11) is 0. The summed E-state index contributed by atoms with van der Waals surface area (Å²) in [6, 6.07) is 0.144. The predicted molar refractivity (Wildman–Crippen MR) is 95.5 cm³/mol. The van der Waals surface area contributed by atoms with Crippen LogP contribution in [-0.2, 0) is 17.7 Å². The van der Waals surface area contributed by atoms with Crippen LogP contribution >= 0.6 is 12.4 Å². The number of fused-ring (bicyclic) bond motifs is 1. The molecule has 1 aliphatic heterocycles. The number of hydrogen-bond acceptors (Lipinski definition) is 4. The topological polar surface area (TPSA) is 79.0 Å². The Hall–Kier alpha value is -1.11. The first-order valence-electron chi connectivity index (χ1n) is 8.73. The average Bonchev–Trinajstić information content (AvgIpc) is 2.97. The van der Waals surface area contributed by atoms with Gasteiger partial charge in [-0.15, -0.1) is 12.4 Å². The molecule has 136 valence electrons. The van der Waals surface area contributed by atoms with Crippen LogP contribution in [0.25, 0.3) is 0 Å². The fourth-order valence-electron chi connectivity index (χ4n) is 3.42. The number of halogens is 1. The van der Waals surface area contributed by atoms with Crippen LogP contribution in [0.3, 0.4) is 0 Å². The Kier molecular flexibility index (Phi) is 6.28. The number of aromatic nitrogens is 2. The second-order valence-corrected chi connectivity index (χ2v) is 7.25. The minimum absolute atomic E-state index is 0. The lowest BCUT2D eigenvalue weighted by atomic mass is 9.64. The van der Waals surface area contributed by atoms with Crippen molar-refractivity contribution in [3.05, 3.63) is 17.0 Å². The van der Waals surface area contributed by atoms with E-state index in [4.69, 9.17) is 4.74 Å². The van der Waals surface area contributed by atoms with E-state index in [1.165, 1.54) is 0 Å². The highest BCUT2D eigenvalue weighted by Gasteiger charge is 2.49. The van der Waals surface area contributed by atoms with Gasteiger partial charge in [-0.25, -0.2) is 0 Å². The molecule has 0 radical (unpaired) electrons. The maximum Gasteiger partial charge on any atom is 0.272 e. The van der Waals surface area contributed by atoms with Crippen molar-refractivity contribution in [3.8, 4) is 0 Å². The first kappa shape index (κ1) is 19.2. The standard InChI is InChI=1S/C17H28N4O2.ClH/c1-4-5-8-23-14-9-13(17(14,2)3)19-16(22)15-11-10-18-7-6-12(11)20-21-15;/h13-14,18H,4-10H2,1-3H3,(H,19,22)(H,20,21);1H. The number of nitrogens with zero attached hydrogens (tertiary/aromatic N) is 1. The van der Waals surface area contributed by atoms with Crippen molar-refractivity contribution >= 4 is 18.3 Å². The van der Waals surface area contributed by atoms with E-state index in [1.54, 1.807) is 0 Å². The molecule has 2 heterocycles. The number of rotatable bonds is 6. The second kappa shape index (κ2) is 7.85. The molecular formula is C17H29ClN4O2. The van der Waals surface area contributed by atoms with Crippen LogP contribution < -0.4 is 10.6 Å². The minimum atomic E-state index is -0.0729. The summed E-state index contributed by atoms with van der Waals surface area (Å²) in [5, 5.41) is 13.7. The van der Waals surface area contributed by atoms with E-state index >= 15 is 0 Å². The van der Waals surface area contributed by atoms with Gasteiger partial charge in [0.05, 0.1) is 6.10 Å². The van der Waals surface area contributed by atoms with Crippen LogP contribution in [0.4, 0.5) is 0 Å². The smallest absolute Gasteiger partial charge is 0.272 e. The van der Waals surface area contributed by atoms with Crippen LogP contribution in [0, 0.1) is 5.41 Å². The highest BCUT2D eigenvalue weighted by molar-refractivity contribution is 5.94. The maximum absolute atomic E-state index is 12.6. The molecule has 1 fully saturated rings. The van der Waals surface area contributed by atoms with Gasteiger partial charge in [0.2, 0.25) is 0 Å². The van der Waals surface area contributed by atoms with E-state index in [-0.39, 0.29) is 35.9 Å². The van der Waals surface area contributed by atoms with Gasteiger partial charge in [-0.3, -0.25) is 9.89 Å². The summed E-state index contributed by atoms with van der Waals surface area (Å²) in [4.78, 5) is 12.6. The highest BCUT2D eigenvalue weighted by atomic mass is 35.5. The van der Waals surface area contributed by atoms with Crippen molar-refractivity contribution < 1.29 is 9.53 Å². The Bertz CT molecular complexity index is 573. The lowest BCUT2D eigenvalue weighted by molar-refractivity contribution is -0.115. The first-order chi connectivity index (χ1) is 11.0. The van der Waals surface area contributed by atoms with E-state index < -0.39 is 0 Å². The van der Waals surface area contributed by atoms with Gasteiger partial charge in [0.25, 0.3) is 5.91 Å². The van der Waals surface area contributed by atoms with Gasteiger partial charge in [0, 0.05) is 48.8 Å². The predicted octanol–water partition coefficient (Wildman–Crippen LogP) is 2.19. The lowest BCUT2D eigenvalue weighted by Crippen LogP contribution is -2.62. The SMILES string of the molecule is CCCCOC1CC(NC(=O)c2n[nH]c3c2CNCC3)C1(C)C.Cl. The van der Waals surface area contributed by atoms with Gasteiger partial charge in [-0.05, 0) is 12.8 Å². The average molecular weight is 357 g/mol. The molecule has 6 nitrogen and oxygen atoms in total. The van der Waals surface area contributed by atoms with Crippen molar-refractivity contribution in [1.29, 1.82) is 0 Å². The van der Waals surface area contributed by atoms with Gasteiger partial charge >= 0.3 is 0 Å². The summed E-state index contributed by atoms with van der Waals surface area (Å²) in [6.45, 7) is 8.95. The van der Waals surface area contributed by atoms with E-state index in [2.05, 4.69) is 41.6 Å². The van der Waals surface area contributed by atoms with E-state index in [0.29, 0.717) is 12.2 Å². The Balaban J connectivity index is 0.00000208. The molecule has 1 saturated carbocycles. The number of amides is 1. The van der Waals surface area contributed by atoms with Gasteiger partial charge in [-0.1, -0.05) is 27.2 Å². The Morgan fingerprint density at radius 3 is 2.96 bits per heavy atom. The monoisotopic (exact) mass is 356 g/mol. The molecule has 0 saturated heterocycles. The largest absolute Gasteiger partial charge is 0.378 e. The molecule has 1 amide bonds. The maximum atomic E-state index is 12.6. The summed E-state index contributed by atoms with van der Waals surface area (Å²) >= 11 is 0. The third-order valence-corrected chi connectivity index (χ3v) is 5.32. The number of nitrogens with one attached hydrogen (secondary N) is 3. The Morgan fingerprint density at radius 1 is 1.46 bits per heavy atom. The number of unbranched alkanes of at least 4 members (excludes halogenated alkanes) is 1. The zero-order valence-corrected chi connectivity index (χ0v) is 15.6. The van der Waals surface area contributed by atoms with E-state index in [1.807, 2.05) is 0 Å². The molecule has 2 unspecified atom stereocenters. The number of hydrogen-bond donors (Lipinski definition) is 3. The van der Waals surface area contributed by atoms with Crippen LogP contribution in [-0.4, -0.2) is 41.4 Å². The molecular weight excluding hydrogens is 328 g/mol. The third-order valence-electron chi connectivity index (χ3n) is 5.32. The summed E-state index contributed by atoms with van der Waals surface area (Å²) in [5.74, 6) is -0.0729. The van der Waals surface area contributed by atoms with Crippen molar-refractivity contribution in [1.82, 2.24) is 20.8 Å². The summed E-state index contributed by atoms with van der Waals surface area (Å²) in [5.41, 5.74) is 2.61. The fraction of sp³-hybridized carbons (Fsp3) is 0.765. The second-order valence-electron chi connectivity index (χ2n) is 7.25. The molecule has 1 aromatic rings. The molecule has 3 N–H and O–H groups in total. The van der Waals surface area contributed by atoms with Crippen LogP contribution in [0.5, 0.6) is 0 Å². The van der Waals surface area contributed by atoms with Crippen molar-refractivity contribution in [2.24, 2.45) is 5.41 Å². The Labute approximate surface area is 149 Å². The number of aromatic amines is 1. The first-order valence-corrected chi connectivity index (χ1v) is 8.73. The normalized spacial score (nSPS) is 24.5. The lowest BCUT2D eigenvalue weighted by Gasteiger charge is -2.51. The zero-order valence-electron chi connectivity index (χ0n) is 14.8. The summed E-state index contributed by atoms with van der Waals surface area (Å²) in [6.07, 6.45) is 4.25. The quantitative estimate of drug-likeness (QED) is 0.683. The zero-order chi connectivity index (χ0) is 16.4. The molecule has 1 aliphatic carbocycles. The molecule has 0 aromatic carbocycles. The Morgan fingerprint density at radius 2 is 2.25 bits per heavy atom.